The second-order valence-corrected chi connectivity index (χ2v) is 6.47. The van der Waals surface area contributed by atoms with Gasteiger partial charge in [-0.05, 0) is 32.4 Å². The van der Waals surface area contributed by atoms with E-state index in [1.165, 1.54) is 0 Å². The quantitative estimate of drug-likeness (QED) is 0.814. The first-order valence-corrected chi connectivity index (χ1v) is 7.77. The Balaban J connectivity index is 2.58. The predicted octanol–water partition coefficient (Wildman–Crippen LogP) is 2.82. The summed E-state index contributed by atoms with van der Waals surface area (Å²) in [6.45, 7) is 5.84. The van der Waals surface area contributed by atoms with Crippen molar-refractivity contribution in [3.8, 4) is 0 Å². The molecule has 0 aliphatic heterocycles. The first-order chi connectivity index (χ1) is 8.85. The van der Waals surface area contributed by atoms with Gasteiger partial charge >= 0.3 is 0 Å². The Morgan fingerprint density at radius 2 is 2.11 bits per heavy atom. The lowest BCUT2D eigenvalue weighted by Gasteiger charge is -2.29. The van der Waals surface area contributed by atoms with E-state index in [2.05, 4.69) is 5.32 Å². The van der Waals surface area contributed by atoms with Crippen LogP contribution in [-0.4, -0.2) is 23.2 Å². The fraction of sp³-hybridized carbons (Fsp3) is 0.500. The van der Waals surface area contributed by atoms with Gasteiger partial charge in [0.15, 0.2) is 0 Å². The molecule has 106 valence electrons. The molecule has 0 spiro atoms. The highest BCUT2D eigenvalue weighted by molar-refractivity contribution is 7.98. The van der Waals surface area contributed by atoms with E-state index in [9.17, 15) is 4.79 Å². The molecule has 1 aromatic carbocycles. The highest BCUT2D eigenvalue weighted by Gasteiger charge is 2.31. The summed E-state index contributed by atoms with van der Waals surface area (Å²) in [6.07, 6.45) is 0. The molecule has 0 saturated heterocycles. The van der Waals surface area contributed by atoms with Crippen molar-refractivity contribution in [1.29, 1.82) is 0 Å². The molecular weight excluding hydrogens is 280 g/mol. The van der Waals surface area contributed by atoms with Crippen molar-refractivity contribution in [2.75, 3.05) is 5.75 Å². The Bertz CT molecular complexity index is 439. The average Bonchev–Trinajstić information content (AvgIpc) is 2.30. The summed E-state index contributed by atoms with van der Waals surface area (Å²) in [5.41, 5.74) is 5.87. The molecular formula is C14H21ClN2OS. The molecule has 0 aromatic heterocycles. The first-order valence-electron chi connectivity index (χ1n) is 6.24. The molecule has 0 fully saturated rings. The summed E-state index contributed by atoms with van der Waals surface area (Å²) in [6, 6.07) is 7.94. The van der Waals surface area contributed by atoms with Crippen molar-refractivity contribution in [3.05, 3.63) is 34.9 Å². The minimum atomic E-state index is -0.694. The van der Waals surface area contributed by atoms with Crippen molar-refractivity contribution >= 4 is 29.3 Å². The highest BCUT2D eigenvalue weighted by atomic mass is 35.5. The minimum absolute atomic E-state index is 0.207. The van der Waals surface area contributed by atoms with Crippen LogP contribution in [0, 0.1) is 0 Å². The number of carbonyl (C=O) groups excluding carboxylic acids is 1. The number of carbonyl (C=O) groups is 1. The van der Waals surface area contributed by atoms with Gasteiger partial charge in [-0.15, -0.1) is 0 Å². The van der Waals surface area contributed by atoms with E-state index in [-0.39, 0.29) is 11.9 Å². The van der Waals surface area contributed by atoms with Crippen molar-refractivity contribution in [1.82, 2.24) is 5.32 Å². The van der Waals surface area contributed by atoms with E-state index in [1.54, 1.807) is 11.8 Å². The van der Waals surface area contributed by atoms with Crippen LogP contribution >= 0.6 is 23.4 Å². The third kappa shape index (κ3) is 5.05. The zero-order valence-electron chi connectivity index (χ0n) is 11.6. The van der Waals surface area contributed by atoms with Crippen molar-refractivity contribution < 1.29 is 4.79 Å². The van der Waals surface area contributed by atoms with Gasteiger partial charge in [0.1, 0.15) is 5.54 Å². The van der Waals surface area contributed by atoms with E-state index in [0.717, 1.165) is 16.3 Å². The van der Waals surface area contributed by atoms with Gasteiger partial charge in [0.25, 0.3) is 0 Å². The fourth-order valence-corrected chi connectivity index (χ4v) is 3.29. The van der Waals surface area contributed by atoms with Crippen LogP contribution in [0.3, 0.4) is 0 Å². The molecule has 5 heteroatoms. The van der Waals surface area contributed by atoms with Gasteiger partial charge in [0.05, 0.1) is 0 Å². The summed E-state index contributed by atoms with van der Waals surface area (Å²) in [7, 11) is 0. The Morgan fingerprint density at radius 1 is 1.47 bits per heavy atom. The van der Waals surface area contributed by atoms with Crippen LogP contribution < -0.4 is 11.1 Å². The highest BCUT2D eigenvalue weighted by Crippen LogP contribution is 2.23. The van der Waals surface area contributed by atoms with Crippen LogP contribution in [0.5, 0.6) is 0 Å². The molecule has 0 aliphatic carbocycles. The molecule has 0 radical (unpaired) electrons. The summed E-state index contributed by atoms with van der Waals surface area (Å²) in [5, 5.41) is 3.99. The Kier molecular flexibility index (Phi) is 6.17. The maximum absolute atomic E-state index is 11.6. The van der Waals surface area contributed by atoms with Gasteiger partial charge in [-0.3, -0.25) is 4.79 Å². The van der Waals surface area contributed by atoms with Gasteiger partial charge in [0.2, 0.25) is 5.91 Å². The molecule has 0 saturated carbocycles. The predicted molar refractivity (Wildman–Crippen MR) is 83.5 cm³/mol. The average molecular weight is 301 g/mol. The number of nitrogens with two attached hydrogens (primary N) is 1. The number of thioether (sulfide) groups is 1. The molecule has 3 nitrogen and oxygen atoms in total. The molecule has 1 unspecified atom stereocenters. The number of halogens is 1. The number of amides is 1. The van der Waals surface area contributed by atoms with Gasteiger partial charge < -0.3 is 11.1 Å². The minimum Gasteiger partial charge on any atom is -0.368 e. The normalized spacial score (nSPS) is 14.4. The van der Waals surface area contributed by atoms with Crippen LogP contribution in [-0.2, 0) is 10.5 Å². The van der Waals surface area contributed by atoms with Gasteiger partial charge in [-0.2, -0.15) is 11.8 Å². The Labute approximate surface area is 124 Å². The number of rotatable bonds is 7. The molecule has 19 heavy (non-hydrogen) atoms. The Morgan fingerprint density at radius 3 is 2.63 bits per heavy atom. The third-order valence-electron chi connectivity index (χ3n) is 2.76. The monoisotopic (exact) mass is 300 g/mol. The van der Waals surface area contributed by atoms with Crippen molar-refractivity contribution in [2.24, 2.45) is 5.73 Å². The zero-order valence-corrected chi connectivity index (χ0v) is 13.1. The molecule has 0 bridgehead atoms. The van der Waals surface area contributed by atoms with Gasteiger partial charge in [0, 0.05) is 22.6 Å². The zero-order chi connectivity index (χ0) is 14.5. The van der Waals surface area contributed by atoms with E-state index in [4.69, 9.17) is 17.3 Å². The summed E-state index contributed by atoms with van der Waals surface area (Å²) < 4.78 is 0. The topological polar surface area (TPSA) is 55.1 Å². The molecule has 1 rings (SSSR count). The standard InChI is InChI=1S/C14H21ClN2OS/c1-10(2)17-14(3,13(16)18)9-19-8-11-6-4-5-7-12(11)15/h4-7,10,17H,8-9H2,1-3H3,(H2,16,18). The molecule has 1 aromatic rings. The van der Waals surface area contributed by atoms with Crippen LogP contribution in [0.15, 0.2) is 24.3 Å². The van der Waals surface area contributed by atoms with Gasteiger partial charge in [-0.25, -0.2) is 0 Å². The van der Waals surface area contributed by atoms with Crippen molar-refractivity contribution in [3.63, 3.8) is 0 Å². The second kappa shape index (κ2) is 7.17. The van der Waals surface area contributed by atoms with Gasteiger partial charge in [-0.1, -0.05) is 29.8 Å². The van der Waals surface area contributed by atoms with E-state index in [1.807, 2.05) is 45.0 Å². The lowest BCUT2D eigenvalue weighted by molar-refractivity contribution is -0.123. The van der Waals surface area contributed by atoms with E-state index >= 15 is 0 Å². The SMILES string of the molecule is CC(C)NC(C)(CSCc1ccccc1Cl)C(N)=O. The number of hydrogen-bond acceptors (Lipinski definition) is 3. The molecule has 0 aliphatic rings. The lowest BCUT2D eigenvalue weighted by atomic mass is 10.0. The van der Waals surface area contributed by atoms with Crippen LogP contribution in [0.2, 0.25) is 5.02 Å². The van der Waals surface area contributed by atoms with Crippen LogP contribution in [0.1, 0.15) is 26.3 Å². The largest absolute Gasteiger partial charge is 0.368 e. The summed E-state index contributed by atoms with van der Waals surface area (Å²) in [5.74, 6) is 1.06. The summed E-state index contributed by atoms with van der Waals surface area (Å²) >= 11 is 7.75. The third-order valence-corrected chi connectivity index (χ3v) is 4.42. The van der Waals surface area contributed by atoms with Crippen LogP contribution in [0.4, 0.5) is 0 Å². The van der Waals surface area contributed by atoms with Crippen molar-refractivity contribution in [2.45, 2.75) is 38.1 Å². The maximum atomic E-state index is 11.6. The first kappa shape index (κ1) is 16.3. The number of benzene rings is 1. The number of hydrogen-bond donors (Lipinski definition) is 2. The van der Waals surface area contributed by atoms with E-state index < -0.39 is 5.54 Å². The summed E-state index contributed by atoms with van der Waals surface area (Å²) in [4.78, 5) is 11.6. The maximum Gasteiger partial charge on any atom is 0.238 e. The second-order valence-electron chi connectivity index (χ2n) is 5.08. The molecule has 1 amide bonds. The lowest BCUT2D eigenvalue weighted by Crippen LogP contribution is -2.57. The smallest absolute Gasteiger partial charge is 0.238 e. The number of primary amides is 1. The van der Waals surface area contributed by atoms with E-state index in [0.29, 0.717) is 5.75 Å². The Hall–Kier alpha value is -0.710. The molecule has 1 atom stereocenters. The molecule has 3 N–H and O–H groups in total. The van der Waals surface area contributed by atoms with Crippen LogP contribution in [0.25, 0.3) is 0 Å². The number of nitrogens with one attached hydrogen (secondary N) is 1. The molecule has 0 heterocycles. The fourth-order valence-electron chi connectivity index (χ4n) is 1.80.